The van der Waals surface area contributed by atoms with Gasteiger partial charge in [0.05, 0.1) is 0 Å². The fourth-order valence-electron chi connectivity index (χ4n) is 6.87. The molecule has 372 valence electrons. The van der Waals surface area contributed by atoms with Crippen molar-refractivity contribution in [1.29, 1.82) is 0 Å². The van der Waals surface area contributed by atoms with E-state index in [1.165, 1.54) is 89.9 Å². The van der Waals surface area contributed by atoms with Gasteiger partial charge in [0.15, 0.2) is 6.10 Å². The average Bonchev–Trinajstić information content (AvgIpc) is 3.31. The van der Waals surface area contributed by atoms with E-state index in [0.717, 1.165) is 77.0 Å². The van der Waals surface area contributed by atoms with E-state index in [1.54, 1.807) is 0 Å². The molecule has 0 aromatic heterocycles. The zero-order valence-corrected chi connectivity index (χ0v) is 42.4. The highest BCUT2D eigenvalue weighted by Crippen LogP contribution is 2.13. The molecule has 0 rings (SSSR count). The Bertz CT molecular complexity index is 1420. The highest BCUT2D eigenvalue weighted by Gasteiger charge is 2.19. The molecule has 66 heavy (non-hydrogen) atoms. The molecule has 0 radical (unpaired) electrons. The van der Waals surface area contributed by atoms with Gasteiger partial charge < -0.3 is 14.2 Å². The third-order valence-corrected chi connectivity index (χ3v) is 10.8. The van der Waals surface area contributed by atoms with Crippen LogP contribution in [0.1, 0.15) is 220 Å². The summed E-state index contributed by atoms with van der Waals surface area (Å²) in [5.74, 6) is -1.04. The van der Waals surface area contributed by atoms with Crippen LogP contribution >= 0.6 is 0 Å². The van der Waals surface area contributed by atoms with Crippen LogP contribution in [0.25, 0.3) is 0 Å². The van der Waals surface area contributed by atoms with Gasteiger partial charge in [0.1, 0.15) is 13.2 Å². The monoisotopic (exact) mass is 913 g/mol. The molecule has 0 amide bonds. The van der Waals surface area contributed by atoms with E-state index in [4.69, 9.17) is 14.2 Å². The molecule has 0 N–H and O–H groups in total. The van der Waals surface area contributed by atoms with Gasteiger partial charge in [0, 0.05) is 19.3 Å². The molecule has 0 bridgehead atoms. The maximum atomic E-state index is 12.8. The van der Waals surface area contributed by atoms with Crippen LogP contribution in [0, 0.1) is 0 Å². The Morgan fingerprint density at radius 1 is 0.333 bits per heavy atom. The Morgan fingerprint density at radius 3 is 1.18 bits per heavy atom. The van der Waals surface area contributed by atoms with Crippen LogP contribution < -0.4 is 0 Å². The number of esters is 3. The molecule has 0 fully saturated rings. The Morgan fingerprint density at radius 2 is 0.682 bits per heavy atom. The number of carbonyl (C=O) groups is 3. The zero-order chi connectivity index (χ0) is 47.9. The summed E-state index contributed by atoms with van der Waals surface area (Å²) >= 11 is 0. The lowest BCUT2D eigenvalue weighted by Crippen LogP contribution is -2.30. The third kappa shape index (κ3) is 50.8. The summed E-state index contributed by atoms with van der Waals surface area (Å²) in [6.07, 6.45) is 73.4. The molecule has 6 nitrogen and oxygen atoms in total. The van der Waals surface area contributed by atoms with E-state index >= 15 is 0 Å². The second kappa shape index (κ2) is 53.4. The largest absolute Gasteiger partial charge is 0.462 e. The van der Waals surface area contributed by atoms with Crippen LogP contribution in [0.15, 0.2) is 122 Å². The minimum Gasteiger partial charge on any atom is -0.462 e. The molecule has 0 saturated heterocycles. The number of rotatable bonds is 46. The smallest absolute Gasteiger partial charge is 0.306 e. The van der Waals surface area contributed by atoms with Crippen LogP contribution in [-0.4, -0.2) is 37.2 Å². The number of hydrogen-bond acceptors (Lipinski definition) is 6. The van der Waals surface area contributed by atoms with Crippen LogP contribution in [0.5, 0.6) is 0 Å². The van der Waals surface area contributed by atoms with Gasteiger partial charge in [-0.25, -0.2) is 0 Å². The topological polar surface area (TPSA) is 78.9 Å². The van der Waals surface area contributed by atoms with E-state index in [0.29, 0.717) is 19.3 Å². The summed E-state index contributed by atoms with van der Waals surface area (Å²) < 4.78 is 16.7. The first-order chi connectivity index (χ1) is 32.5. The number of allylic oxidation sites excluding steroid dienone is 20. The molecule has 0 aliphatic carbocycles. The van der Waals surface area contributed by atoms with Crippen molar-refractivity contribution >= 4 is 17.9 Å². The van der Waals surface area contributed by atoms with Crippen molar-refractivity contribution in [2.24, 2.45) is 0 Å². The average molecular weight is 913 g/mol. The minimum absolute atomic E-state index is 0.119. The van der Waals surface area contributed by atoms with E-state index in [9.17, 15) is 14.4 Å². The molecule has 1 atom stereocenters. The van der Waals surface area contributed by atoms with E-state index in [2.05, 4.69) is 87.6 Å². The van der Waals surface area contributed by atoms with Crippen LogP contribution in [0.4, 0.5) is 0 Å². The normalized spacial score (nSPS) is 13.1. The lowest BCUT2D eigenvalue weighted by Gasteiger charge is -2.18. The Balaban J connectivity index is 4.52. The quantitative estimate of drug-likeness (QED) is 0.0199. The van der Waals surface area contributed by atoms with Crippen molar-refractivity contribution < 1.29 is 28.6 Å². The van der Waals surface area contributed by atoms with Gasteiger partial charge in [-0.05, 0) is 96.3 Å². The second-order valence-corrected chi connectivity index (χ2v) is 17.1. The number of hydrogen-bond donors (Lipinski definition) is 0. The molecule has 0 heterocycles. The standard InChI is InChI=1S/C60H96O6/c1-4-7-10-13-16-19-22-25-27-29-30-31-33-35-38-41-44-47-50-53-59(62)65-56-57(55-64-58(61)52-49-46-43-40-37-34-24-21-18-15-12-9-6-3)66-60(63)54-51-48-45-42-39-36-32-28-26-23-20-17-14-11-8-5-2/h8-9,11-12,15,17-18,20-21,24,26,28-30,34,36-37,39-40,43,57H,4-7,10,13-14,16,19,22-23,25,27,31-33,35,38,41-42,44-56H2,1-3H3/b11-8+,12-9+,18-15+,20-17+,24-21+,28-26+,30-29+,37-34+,39-36+,43-40+. The molecule has 6 heteroatoms. The first kappa shape index (κ1) is 61.8. The van der Waals surface area contributed by atoms with Crippen molar-refractivity contribution in [3.63, 3.8) is 0 Å². The van der Waals surface area contributed by atoms with Crippen LogP contribution in [0.2, 0.25) is 0 Å². The summed E-state index contributed by atoms with van der Waals surface area (Å²) in [6.45, 7) is 6.27. The first-order valence-electron chi connectivity index (χ1n) is 26.6. The molecule has 0 aromatic carbocycles. The van der Waals surface area contributed by atoms with Crippen molar-refractivity contribution in [1.82, 2.24) is 0 Å². The highest BCUT2D eigenvalue weighted by atomic mass is 16.6. The number of ether oxygens (including phenoxy) is 3. The molecule has 0 aliphatic rings. The van der Waals surface area contributed by atoms with Crippen molar-refractivity contribution in [3.8, 4) is 0 Å². The lowest BCUT2D eigenvalue weighted by atomic mass is 10.1. The van der Waals surface area contributed by atoms with E-state index < -0.39 is 6.10 Å². The molecule has 0 saturated carbocycles. The third-order valence-electron chi connectivity index (χ3n) is 10.8. The minimum atomic E-state index is -0.828. The maximum Gasteiger partial charge on any atom is 0.306 e. The highest BCUT2D eigenvalue weighted by molar-refractivity contribution is 5.71. The predicted octanol–water partition coefficient (Wildman–Crippen LogP) is 17.7. The van der Waals surface area contributed by atoms with Gasteiger partial charge in [-0.1, -0.05) is 226 Å². The molecular weight excluding hydrogens is 817 g/mol. The SMILES string of the molecule is CC/C=C/C=C/C=C/C=C/C=C/CCCC(=O)OCC(COC(=O)CCCCCCCCC/C=C/CCCCCCCCCC)OC(=O)CCCCC/C=C/C/C=C/C/C=C/C/C=C/CC. The van der Waals surface area contributed by atoms with Gasteiger partial charge in [0.25, 0.3) is 0 Å². The Kier molecular flexibility index (Phi) is 50.0. The van der Waals surface area contributed by atoms with Gasteiger partial charge >= 0.3 is 17.9 Å². The molecule has 1 unspecified atom stereocenters. The van der Waals surface area contributed by atoms with Crippen molar-refractivity contribution in [2.75, 3.05) is 13.2 Å². The van der Waals surface area contributed by atoms with E-state index in [1.807, 2.05) is 54.7 Å². The summed E-state index contributed by atoms with van der Waals surface area (Å²) in [7, 11) is 0. The second-order valence-electron chi connectivity index (χ2n) is 17.1. The van der Waals surface area contributed by atoms with Gasteiger partial charge in [0.2, 0.25) is 0 Å². The van der Waals surface area contributed by atoms with Gasteiger partial charge in [-0.3, -0.25) is 14.4 Å². The van der Waals surface area contributed by atoms with Crippen molar-refractivity contribution in [3.05, 3.63) is 122 Å². The molecule has 0 spiro atoms. The van der Waals surface area contributed by atoms with E-state index in [-0.39, 0.29) is 44.0 Å². The molecular formula is C60H96O6. The van der Waals surface area contributed by atoms with Crippen molar-refractivity contribution in [2.45, 2.75) is 226 Å². The number of carbonyl (C=O) groups excluding carboxylic acids is 3. The Hall–Kier alpha value is -4.19. The zero-order valence-electron chi connectivity index (χ0n) is 42.4. The first-order valence-corrected chi connectivity index (χ1v) is 26.6. The fourth-order valence-corrected chi connectivity index (χ4v) is 6.87. The Labute approximate surface area is 405 Å². The number of unbranched alkanes of at least 4 members (excludes halogenated alkanes) is 19. The van der Waals surface area contributed by atoms with Crippen LogP contribution in [0.3, 0.4) is 0 Å². The summed E-state index contributed by atoms with van der Waals surface area (Å²) in [5, 5.41) is 0. The molecule has 0 aromatic rings. The van der Waals surface area contributed by atoms with Crippen LogP contribution in [-0.2, 0) is 28.6 Å². The molecule has 0 aliphatic heterocycles. The summed E-state index contributed by atoms with van der Waals surface area (Å²) in [4.78, 5) is 38.0. The van der Waals surface area contributed by atoms with Gasteiger partial charge in [-0.2, -0.15) is 0 Å². The fraction of sp³-hybridized carbons (Fsp3) is 0.617. The maximum absolute atomic E-state index is 12.8. The van der Waals surface area contributed by atoms with Gasteiger partial charge in [-0.15, -0.1) is 0 Å². The predicted molar refractivity (Wildman–Crippen MR) is 283 cm³/mol. The summed E-state index contributed by atoms with van der Waals surface area (Å²) in [5.41, 5.74) is 0. The summed E-state index contributed by atoms with van der Waals surface area (Å²) in [6, 6.07) is 0. The lowest BCUT2D eigenvalue weighted by molar-refractivity contribution is -0.167.